The van der Waals surface area contributed by atoms with Crippen molar-refractivity contribution < 1.29 is 9.53 Å². The number of carbonyl (C=O) groups is 1. The quantitative estimate of drug-likeness (QED) is 0.755. The molecule has 0 aromatic heterocycles. The topological polar surface area (TPSA) is 29.5 Å². The summed E-state index contributed by atoms with van der Waals surface area (Å²) in [6.07, 6.45) is 0. The number of methoxy groups -OCH3 is 1. The lowest BCUT2D eigenvalue weighted by atomic mass is 10.3. The van der Waals surface area contributed by atoms with Gasteiger partial charge in [-0.05, 0) is 31.2 Å². The molecule has 0 aliphatic carbocycles. The van der Waals surface area contributed by atoms with Crippen LogP contribution in [0.4, 0.5) is 0 Å². The monoisotopic (exact) mass is 239 g/mol. The number of hydrogen-bond acceptors (Lipinski definition) is 3. The molecule has 4 heteroatoms. The number of thioether (sulfide) groups is 1. The molecule has 1 aromatic rings. The van der Waals surface area contributed by atoms with E-state index in [1.54, 1.807) is 37.9 Å². The van der Waals surface area contributed by atoms with Gasteiger partial charge in [-0.2, -0.15) is 0 Å². The lowest BCUT2D eigenvalue weighted by molar-refractivity contribution is -0.127. The van der Waals surface area contributed by atoms with Crippen molar-refractivity contribution in [1.29, 1.82) is 0 Å². The number of ether oxygens (including phenoxy) is 1. The summed E-state index contributed by atoms with van der Waals surface area (Å²) < 4.78 is 5.08. The predicted molar refractivity (Wildman–Crippen MR) is 67.0 cm³/mol. The molecule has 0 aliphatic heterocycles. The van der Waals surface area contributed by atoms with Crippen LogP contribution in [0.25, 0.3) is 0 Å². The lowest BCUT2D eigenvalue weighted by Gasteiger charge is -2.16. The van der Waals surface area contributed by atoms with Gasteiger partial charge in [0.2, 0.25) is 5.91 Å². The minimum atomic E-state index is -0.0663. The van der Waals surface area contributed by atoms with Crippen LogP contribution in [0.3, 0.4) is 0 Å². The first kappa shape index (κ1) is 12.9. The Hall–Kier alpha value is -1.16. The summed E-state index contributed by atoms with van der Waals surface area (Å²) in [6.45, 7) is 1.91. The number of carbonyl (C=O) groups excluding carboxylic acids is 1. The van der Waals surface area contributed by atoms with Crippen molar-refractivity contribution in [2.24, 2.45) is 0 Å². The van der Waals surface area contributed by atoms with Gasteiger partial charge in [0.1, 0.15) is 5.75 Å². The Balaban J connectivity index is 2.62. The highest BCUT2D eigenvalue weighted by atomic mass is 32.2. The van der Waals surface area contributed by atoms with Crippen molar-refractivity contribution in [3.05, 3.63) is 24.3 Å². The van der Waals surface area contributed by atoms with E-state index in [2.05, 4.69) is 0 Å². The Morgan fingerprint density at radius 2 is 1.88 bits per heavy atom. The van der Waals surface area contributed by atoms with Crippen LogP contribution in [-0.2, 0) is 4.79 Å². The largest absolute Gasteiger partial charge is 0.497 e. The zero-order chi connectivity index (χ0) is 12.1. The fourth-order valence-corrected chi connectivity index (χ4v) is 2.29. The fourth-order valence-electron chi connectivity index (χ4n) is 1.27. The van der Waals surface area contributed by atoms with E-state index in [-0.39, 0.29) is 11.2 Å². The summed E-state index contributed by atoms with van der Waals surface area (Å²) in [4.78, 5) is 14.3. The van der Waals surface area contributed by atoms with Crippen molar-refractivity contribution in [3.63, 3.8) is 0 Å². The zero-order valence-corrected chi connectivity index (χ0v) is 10.9. The number of hydrogen-bond donors (Lipinski definition) is 0. The summed E-state index contributed by atoms with van der Waals surface area (Å²) >= 11 is 1.55. The van der Waals surface area contributed by atoms with E-state index >= 15 is 0 Å². The molecule has 88 valence electrons. The standard InChI is InChI=1S/C12H17NO2S/c1-9(12(14)13(2)3)16-11-7-5-10(15-4)6-8-11/h5-9H,1-4H3/t9-/m0/s1. The molecule has 1 rings (SSSR count). The van der Waals surface area contributed by atoms with Crippen LogP contribution >= 0.6 is 11.8 Å². The number of benzene rings is 1. The van der Waals surface area contributed by atoms with Crippen LogP contribution in [0, 0.1) is 0 Å². The molecule has 16 heavy (non-hydrogen) atoms. The van der Waals surface area contributed by atoms with Gasteiger partial charge in [0, 0.05) is 19.0 Å². The highest BCUT2D eigenvalue weighted by Crippen LogP contribution is 2.25. The molecular weight excluding hydrogens is 222 g/mol. The van der Waals surface area contributed by atoms with Gasteiger partial charge < -0.3 is 9.64 Å². The Kier molecular flexibility index (Phi) is 4.68. The van der Waals surface area contributed by atoms with Crippen LogP contribution in [0.2, 0.25) is 0 Å². The number of rotatable bonds is 4. The summed E-state index contributed by atoms with van der Waals surface area (Å²) in [7, 11) is 5.18. The first-order valence-corrected chi connectivity index (χ1v) is 5.94. The average Bonchev–Trinajstić information content (AvgIpc) is 2.28. The second kappa shape index (κ2) is 5.80. The summed E-state index contributed by atoms with van der Waals surface area (Å²) in [5.41, 5.74) is 0. The molecule has 0 saturated heterocycles. The molecule has 0 saturated carbocycles. The van der Waals surface area contributed by atoms with E-state index < -0.39 is 0 Å². The van der Waals surface area contributed by atoms with Crippen LogP contribution in [0.5, 0.6) is 5.75 Å². The second-order valence-corrected chi connectivity index (χ2v) is 5.08. The van der Waals surface area contributed by atoms with Gasteiger partial charge in [-0.3, -0.25) is 4.79 Å². The van der Waals surface area contributed by atoms with Crippen molar-refractivity contribution >= 4 is 17.7 Å². The summed E-state index contributed by atoms with van der Waals surface area (Å²) in [5, 5.41) is -0.0663. The molecule has 0 bridgehead atoms. The third-order valence-electron chi connectivity index (χ3n) is 2.16. The zero-order valence-electron chi connectivity index (χ0n) is 10.1. The maximum atomic E-state index is 11.7. The molecule has 0 unspecified atom stereocenters. The summed E-state index contributed by atoms with van der Waals surface area (Å²) in [6, 6.07) is 7.72. The molecule has 1 amide bonds. The van der Waals surface area contributed by atoms with E-state index in [4.69, 9.17) is 4.74 Å². The number of amides is 1. The highest BCUT2D eigenvalue weighted by Gasteiger charge is 2.15. The van der Waals surface area contributed by atoms with Gasteiger partial charge >= 0.3 is 0 Å². The van der Waals surface area contributed by atoms with E-state index in [1.807, 2.05) is 31.2 Å². The minimum absolute atomic E-state index is 0.0663. The van der Waals surface area contributed by atoms with E-state index in [1.165, 1.54) is 0 Å². The number of nitrogens with zero attached hydrogens (tertiary/aromatic N) is 1. The smallest absolute Gasteiger partial charge is 0.235 e. The minimum Gasteiger partial charge on any atom is -0.497 e. The van der Waals surface area contributed by atoms with Crippen LogP contribution in [-0.4, -0.2) is 37.3 Å². The Labute approximate surface area is 101 Å². The lowest BCUT2D eigenvalue weighted by Crippen LogP contribution is -2.29. The van der Waals surface area contributed by atoms with Crippen molar-refractivity contribution in [3.8, 4) is 5.75 Å². The first-order valence-electron chi connectivity index (χ1n) is 5.06. The highest BCUT2D eigenvalue weighted by molar-refractivity contribution is 8.00. The molecule has 0 heterocycles. The Morgan fingerprint density at radius 3 is 2.31 bits per heavy atom. The van der Waals surface area contributed by atoms with E-state index in [0.717, 1.165) is 10.6 Å². The van der Waals surface area contributed by atoms with Gasteiger partial charge in [-0.25, -0.2) is 0 Å². The van der Waals surface area contributed by atoms with Crippen molar-refractivity contribution in [2.45, 2.75) is 17.1 Å². The molecule has 0 fully saturated rings. The normalized spacial score (nSPS) is 12.0. The SMILES string of the molecule is COc1ccc(S[C@@H](C)C(=O)N(C)C)cc1. The maximum Gasteiger partial charge on any atom is 0.235 e. The fraction of sp³-hybridized carbons (Fsp3) is 0.417. The van der Waals surface area contributed by atoms with Gasteiger partial charge in [-0.1, -0.05) is 0 Å². The Bertz CT molecular complexity index is 349. The molecular formula is C12H17NO2S. The average molecular weight is 239 g/mol. The van der Waals surface area contributed by atoms with Crippen LogP contribution in [0.1, 0.15) is 6.92 Å². The van der Waals surface area contributed by atoms with Crippen LogP contribution < -0.4 is 4.74 Å². The Morgan fingerprint density at radius 1 is 1.31 bits per heavy atom. The van der Waals surface area contributed by atoms with Crippen LogP contribution in [0.15, 0.2) is 29.2 Å². The summed E-state index contributed by atoms with van der Waals surface area (Å²) in [5.74, 6) is 0.955. The third-order valence-corrected chi connectivity index (χ3v) is 3.26. The van der Waals surface area contributed by atoms with Gasteiger partial charge in [0.25, 0.3) is 0 Å². The van der Waals surface area contributed by atoms with E-state index in [0.29, 0.717) is 0 Å². The molecule has 1 atom stereocenters. The van der Waals surface area contributed by atoms with Gasteiger partial charge in [0.05, 0.1) is 12.4 Å². The van der Waals surface area contributed by atoms with Gasteiger partial charge in [0.15, 0.2) is 0 Å². The second-order valence-electron chi connectivity index (χ2n) is 3.67. The predicted octanol–water partition coefficient (Wildman–Crippen LogP) is 2.26. The van der Waals surface area contributed by atoms with Crippen molar-refractivity contribution in [1.82, 2.24) is 4.90 Å². The maximum absolute atomic E-state index is 11.7. The molecule has 3 nitrogen and oxygen atoms in total. The molecule has 0 radical (unpaired) electrons. The molecule has 0 spiro atoms. The molecule has 0 aliphatic rings. The molecule has 1 aromatic carbocycles. The third kappa shape index (κ3) is 3.45. The first-order chi connectivity index (χ1) is 7.54. The van der Waals surface area contributed by atoms with Crippen molar-refractivity contribution in [2.75, 3.05) is 21.2 Å². The van der Waals surface area contributed by atoms with Gasteiger partial charge in [-0.15, -0.1) is 11.8 Å². The van der Waals surface area contributed by atoms with E-state index in [9.17, 15) is 4.79 Å². The molecule has 0 N–H and O–H groups in total.